The Morgan fingerprint density at radius 2 is 2.16 bits per heavy atom. The van der Waals surface area contributed by atoms with E-state index in [1.807, 2.05) is 4.90 Å². The van der Waals surface area contributed by atoms with Crippen molar-refractivity contribution in [3.63, 3.8) is 0 Å². The van der Waals surface area contributed by atoms with Gasteiger partial charge in [0, 0.05) is 56.4 Å². The van der Waals surface area contributed by atoms with E-state index in [-0.39, 0.29) is 18.4 Å². The van der Waals surface area contributed by atoms with Gasteiger partial charge >= 0.3 is 6.18 Å². The van der Waals surface area contributed by atoms with Gasteiger partial charge in [0.1, 0.15) is 5.69 Å². The molecule has 2 fully saturated rings. The number of rotatable bonds is 3. The average Bonchev–Trinajstić information content (AvgIpc) is 3.35. The summed E-state index contributed by atoms with van der Waals surface area (Å²) in [7, 11) is 1.77. The third kappa shape index (κ3) is 3.74. The topological polar surface area (TPSA) is 85.4 Å². The van der Waals surface area contributed by atoms with Gasteiger partial charge in [0.05, 0.1) is 30.1 Å². The number of alkyl halides is 3. The van der Waals surface area contributed by atoms with Gasteiger partial charge in [-0.1, -0.05) is 0 Å². The second-order valence-corrected chi connectivity index (χ2v) is 8.36. The fraction of sp³-hybridized carbons (Fsp3) is 0.476. The van der Waals surface area contributed by atoms with E-state index in [0.717, 1.165) is 6.07 Å². The van der Waals surface area contributed by atoms with Gasteiger partial charge in [-0.2, -0.15) is 18.4 Å². The van der Waals surface area contributed by atoms with E-state index in [9.17, 15) is 23.1 Å². The number of aromatic nitrogens is 2. The van der Waals surface area contributed by atoms with E-state index in [2.05, 4.69) is 4.98 Å². The molecule has 0 radical (unpaired) electrons. The van der Waals surface area contributed by atoms with Crippen molar-refractivity contribution in [2.75, 3.05) is 37.7 Å². The summed E-state index contributed by atoms with van der Waals surface area (Å²) in [6, 6.07) is 5.32. The highest BCUT2D eigenvalue weighted by Gasteiger charge is 2.50. The molecule has 4 rings (SSSR count). The predicted octanol–water partition coefficient (Wildman–Crippen LogP) is 2.27. The highest BCUT2D eigenvalue weighted by atomic mass is 19.4. The number of imidazole rings is 1. The number of likely N-dealkylation sites (tertiary alicyclic amines) is 1. The van der Waals surface area contributed by atoms with Gasteiger partial charge in [0.25, 0.3) is 5.91 Å². The van der Waals surface area contributed by atoms with Crippen molar-refractivity contribution in [1.82, 2.24) is 14.5 Å². The molecular formula is C21H22F3N5O2. The number of nitrogens with zero attached hydrogens (tertiary/aromatic N) is 5. The normalized spacial score (nSPS) is 23.5. The van der Waals surface area contributed by atoms with Crippen LogP contribution in [0.4, 0.5) is 18.9 Å². The Hall–Kier alpha value is -3.06. The number of amides is 1. The molecule has 2 saturated heterocycles. The van der Waals surface area contributed by atoms with Crippen LogP contribution in [-0.4, -0.2) is 58.3 Å². The van der Waals surface area contributed by atoms with E-state index in [1.165, 1.54) is 12.1 Å². The summed E-state index contributed by atoms with van der Waals surface area (Å²) in [6.45, 7) is 1.55. The summed E-state index contributed by atoms with van der Waals surface area (Å²) < 4.78 is 41.8. The van der Waals surface area contributed by atoms with Crippen molar-refractivity contribution in [3.8, 4) is 6.07 Å². The van der Waals surface area contributed by atoms with Gasteiger partial charge in [0.15, 0.2) is 0 Å². The number of piperidine rings is 1. The Morgan fingerprint density at radius 3 is 2.77 bits per heavy atom. The quantitative estimate of drug-likeness (QED) is 0.803. The number of aryl methyl sites for hydroxylation is 1. The van der Waals surface area contributed by atoms with E-state index < -0.39 is 22.7 Å². The monoisotopic (exact) mass is 433 g/mol. The van der Waals surface area contributed by atoms with Crippen molar-refractivity contribution >= 4 is 11.6 Å². The van der Waals surface area contributed by atoms with Crippen LogP contribution < -0.4 is 4.90 Å². The number of benzene rings is 1. The van der Waals surface area contributed by atoms with Crippen molar-refractivity contribution < 1.29 is 23.1 Å². The third-order valence-corrected chi connectivity index (χ3v) is 6.45. The number of carbonyl (C=O) groups excluding carboxylic acids is 1. The molecule has 0 aliphatic carbocycles. The zero-order valence-electron chi connectivity index (χ0n) is 16.9. The lowest BCUT2D eigenvalue weighted by molar-refractivity contribution is -0.137. The summed E-state index contributed by atoms with van der Waals surface area (Å²) in [5.41, 5.74) is -1.14. The first kappa shape index (κ1) is 21.2. The summed E-state index contributed by atoms with van der Waals surface area (Å²) in [5, 5.41) is 19.2. The lowest BCUT2D eigenvalue weighted by atomic mass is 9.73. The Bertz CT molecular complexity index is 1040. The number of aliphatic hydroxyl groups excluding tert-OH is 1. The maximum absolute atomic E-state index is 13.4. The molecule has 2 aliphatic rings. The van der Waals surface area contributed by atoms with E-state index >= 15 is 0 Å². The van der Waals surface area contributed by atoms with E-state index in [0.29, 0.717) is 44.0 Å². The number of halogens is 3. The Kier molecular flexibility index (Phi) is 5.17. The van der Waals surface area contributed by atoms with Crippen molar-refractivity contribution in [3.05, 3.63) is 47.5 Å². The molecule has 164 valence electrons. The fourth-order valence-electron chi connectivity index (χ4n) is 4.68. The molecule has 1 aromatic heterocycles. The largest absolute Gasteiger partial charge is 0.417 e. The van der Waals surface area contributed by atoms with Crippen LogP contribution >= 0.6 is 0 Å². The first-order valence-corrected chi connectivity index (χ1v) is 9.91. The van der Waals surface area contributed by atoms with Crippen molar-refractivity contribution in [2.45, 2.75) is 12.6 Å². The number of anilines is 1. The standard InChI is InChI=1S/C21H22F3N5O2/c1-27-10-18(26-13-27)19(31)29-9-15-8-28(5-4-20(15,11-29)12-30)16-3-2-14(7-25)17(6-16)21(22,23)24/h2-3,6,10,13,15,30H,4-5,8-9,11-12H2,1H3. The van der Waals surface area contributed by atoms with Crippen LogP contribution in [0.2, 0.25) is 0 Å². The molecule has 2 atom stereocenters. The third-order valence-electron chi connectivity index (χ3n) is 6.45. The van der Waals surface area contributed by atoms with Gasteiger partial charge in [-0.25, -0.2) is 4.98 Å². The summed E-state index contributed by atoms with van der Waals surface area (Å²) in [4.78, 5) is 20.5. The number of carbonyl (C=O) groups is 1. The molecule has 31 heavy (non-hydrogen) atoms. The van der Waals surface area contributed by atoms with Crippen LogP contribution in [0.3, 0.4) is 0 Å². The maximum atomic E-state index is 13.4. The minimum Gasteiger partial charge on any atom is -0.396 e. The molecule has 3 heterocycles. The van der Waals surface area contributed by atoms with Crippen LogP contribution in [0.1, 0.15) is 28.0 Å². The Balaban J connectivity index is 1.57. The molecular weight excluding hydrogens is 411 g/mol. The fourth-order valence-corrected chi connectivity index (χ4v) is 4.68. The smallest absolute Gasteiger partial charge is 0.396 e. The maximum Gasteiger partial charge on any atom is 0.417 e. The predicted molar refractivity (Wildman–Crippen MR) is 105 cm³/mol. The number of nitriles is 1. The summed E-state index contributed by atoms with van der Waals surface area (Å²) in [6.07, 6.45) is -0.896. The molecule has 0 saturated carbocycles. The van der Waals surface area contributed by atoms with Gasteiger partial charge in [-0.15, -0.1) is 0 Å². The second-order valence-electron chi connectivity index (χ2n) is 8.36. The minimum atomic E-state index is -4.62. The molecule has 2 aromatic rings. The summed E-state index contributed by atoms with van der Waals surface area (Å²) in [5.74, 6) is -0.309. The molecule has 0 bridgehead atoms. The molecule has 0 spiro atoms. The molecule has 7 nitrogen and oxygen atoms in total. The van der Waals surface area contributed by atoms with Gasteiger partial charge in [0.2, 0.25) is 0 Å². The van der Waals surface area contributed by atoms with Gasteiger partial charge in [-0.05, 0) is 24.6 Å². The number of aliphatic hydroxyl groups is 1. The molecule has 2 aliphatic heterocycles. The lowest BCUT2D eigenvalue weighted by Gasteiger charge is -2.43. The van der Waals surface area contributed by atoms with E-state index in [1.54, 1.807) is 35.1 Å². The van der Waals surface area contributed by atoms with Crippen LogP contribution in [0.25, 0.3) is 0 Å². The first-order valence-electron chi connectivity index (χ1n) is 9.91. The van der Waals surface area contributed by atoms with E-state index in [4.69, 9.17) is 5.26 Å². The molecule has 1 N–H and O–H groups in total. The molecule has 2 unspecified atom stereocenters. The van der Waals surface area contributed by atoms with Crippen LogP contribution in [0.15, 0.2) is 30.7 Å². The van der Waals surface area contributed by atoms with Crippen LogP contribution in [-0.2, 0) is 13.2 Å². The van der Waals surface area contributed by atoms with Gasteiger partial charge in [-0.3, -0.25) is 4.79 Å². The molecule has 10 heteroatoms. The summed E-state index contributed by atoms with van der Waals surface area (Å²) >= 11 is 0. The number of hydrogen-bond acceptors (Lipinski definition) is 5. The number of fused-ring (bicyclic) bond motifs is 1. The Labute approximate surface area is 177 Å². The molecule has 1 aromatic carbocycles. The van der Waals surface area contributed by atoms with Crippen LogP contribution in [0, 0.1) is 22.7 Å². The average molecular weight is 433 g/mol. The molecule has 1 amide bonds. The Morgan fingerprint density at radius 1 is 1.39 bits per heavy atom. The number of hydrogen-bond donors (Lipinski definition) is 1. The first-order chi connectivity index (χ1) is 14.7. The van der Waals surface area contributed by atoms with Crippen molar-refractivity contribution in [2.24, 2.45) is 18.4 Å². The minimum absolute atomic E-state index is 0.0936. The SMILES string of the molecule is Cn1cnc(C(=O)N2CC3CN(c4ccc(C#N)c(C(F)(F)F)c4)CCC3(CO)C2)c1. The van der Waals surface area contributed by atoms with Crippen LogP contribution in [0.5, 0.6) is 0 Å². The highest BCUT2D eigenvalue weighted by Crippen LogP contribution is 2.44. The van der Waals surface area contributed by atoms with Gasteiger partial charge < -0.3 is 19.5 Å². The van der Waals surface area contributed by atoms with Crippen molar-refractivity contribution in [1.29, 1.82) is 5.26 Å². The lowest BCUT2D eigenvalue weighted by Crippen LogP contribution is -2.49. The zero-order valence-corrected chi connectivity index (χ0v) is 16.9. The second kappa shape index (κ2) is 7.57. The highest BCUT2D eigenvalue weighted by molar-refractivity contribution is 5.92. The zero-order chi connectivity index (χ0) is 22.4.